The Morgan fingerprint density at radius 1 is 0.857 bits per heavy atom. The lowest BCUT2D eigenvalue weighted by atomic mass is 10.1. The Hall–Kier alpha value is -3.60. The van der Waals surface area contributed by atoms with E-state index < -0.39 is 0 Å². The van der Waals surface area contributed by atoms with Crippen LogP contribution in [-0.2, 0) is 6.42 Å². The fraction of sp³-hybridized carbons (Fsp3) is 0.130. The van der Waals surface area contributed by atoms with E-state index in [0.29, 0.717) is 12.2 Å². The third-order valence-electron chi connectivity index (χ3n) is 4.88. The van der Waals surface area contributed by atoms with E-state index in [2.05, 4.69) is 34.1 Å². The van der Waals surface area contributed by atoms with Crippen molar-refractivity contribution in [2.75, 3.05) is 30.5 Å². The zero-order valence-corrected chi connectivity index (χ0v) is 16.1. The number of hydrogen-bond donors (Lipinski definition) is 2. The Balaban J connectivity index is 1.73. The van der Waals surface area contributed by atoms with Crippen LogP contribution in [0.25, 0.3) is 22.2 Å². The highest BCUT2D eigenvalue weighted by Crippen LogP contribution is 2.27. The predicted octanol–water partition coefficient (Wildman–Crippen LogP) is 4.12. The van der Waals surface area contributed by atoms with E-state index >= 15 is 0 Å². The Labute approximate surface area is 164 Å². The molecular formula is C23H23N5. The minimum atomic E-state index is 0.488. The van der Waals surface area contributed by atoms with Gasteiger partial charge < -0.3 is 16.4 Å². The number of fused-ring (bicyclic) bond motifs is 1. The van der Waals surface area contributed by atoms with E-state index in [4.69, 9.17) is 16.5 Å². The molecule has 0 bridgehead atoms. The van der Waals surface area contributed by atoms with Crippen molar-refractivity contribution in [1.82, 2.24) is 9.97 Å². The molecule has 2 heterocycles. The number of benzene rings is 2. The van der Waals surface area contributed by atoms with Gasteiger partial charge in [0, 0.05) is 48.5 Å². The minimum Gasteiger partial charge on any atom is -0.398 e. The molecule has 4 rings (SSSR count). The zero-order valence-electron chi connectivity index (χ0n) is 16.1. The van der Waals surface area contributed by atoms with E-state index in [9.17, 15) is 0 Å². The average Bonchev–Trinajstić information content (AvgIpc) is 2.69. The summed E-state index contributed by atoms with van der Waals surface area (Å²) in [6, 6.07) is 22.1. The molecule has 5 heteroatoms. The number of rotatable bonds is 4. The maximum Gasteiger partial charge on any atom is 0.133 e. The molecule has 0 saturated carbocycles. The van der Waals surface area contributed by atoms with Gasteiger partial charge in [0.25, 0.3) is 0 Å². The highest BCUT2D eigenvalue weighted by molar-refractivity contribution is 5.91. The molecular weight excluding hydrogens is 346 g/mol. The normalized spacial score (nSPS) is 10.9. The lowest BCUT2D eigenvalue weighted by molar-refractivity contribution is 1.10. The third kappa shape index (κ3) is 3.47. The molecule has 0 aliphatic carbocycles. The molecule has 0 aliphatic heterocycles. The molecule has 140 valence electrons. The Morgan fingerprint density at radius 3 is 2.32 bits per heavy atom. The summed E-state index contributed by atoms with van der Waals surface area (Å²) in [5.74, 6) is 0.488. The number of para-hydroxylation sites is 1. The van der Waals surface area contributed by atoms with Crippen LogP contribution >= 0.6 is 0 Å². The first kappa shape index (κ1) is 17.8. The second kappa shape index (κ2) is 7.19. The molecule has 2 aromatic carbocycles. The fourth-order valence-corrected chi connectivity index (χ4v) is 3.26. The van der Waals surface area contributed by atoms with Gasteiger partial charge in [-0.15, -0.1) is 0 Å². The summed E-state index contributed by atoms with van der Waals surface area (Å²) in [5.41, 5.74) is 18.9. The number of nitrogens with two attached hydrogens (primary N) is 2. The van der Waals surface area contributed by atoms with Crippen LogP contribution in [0.3, 0.4) is 0 Å². The van der Waals surface area contributed by atoms with Crippen molar-refractivity contribution in [3.05, 3.63) is 78.0 Å². The molecule has 0 fully saturated rings. The van der Waals surface area contributed by atoms with E-state index in [-0.39, 0.29) is 0 Å². The standard InChI is InChI=1S/C23H23N5/c1-28(2)18-10-7-15(8-11-18)21-14-22-19(23(25)27-21)12-9-17(26-22)13-16-5-3-4-6-20(16)24/h3-12,14H,13,24H2,1-2H3,(H2,25,27). The predicted molar refractivity (Wildman–Crippen MR) is 117 cm³/mol. The van der Waals surface area contributed by atoms with Gasteiger partial charge >= 0.3 is 0 Å². The van der Waals surface area contributed by atoms with Gasteiger partial charge in [-0.25, -0.2) is 4.98 Å². The fourth-order valence-electron chi connectivity index (χ4n) is 3.26. The molecule has 0 atom stereocenters. The Bertz CT molecular complexity index is 1130. The molecule has 4 N–H and O–H groups in total. The van der Waals surface area contributed by atoms with Gasteiger partial charge in [0.15, 0.2) is 0 Å². The molecule has 28 heavy (non-hydrogen) atoms. The molecule has 5 nitrogen and oxygen atoms in total. The third-order valence-corrected chi connectivity index (χ3v) is 4.88. The molecule has 0 radical (unpaired) electrons. The van der Waals surface area contributed by atoms with Gasteiger partial charge in [0.1, 0.15) is 5.82 Å². The van der Waals surface area contributed by atoms with Crippen molar-refractivity contribution in [1.29, 1.82) is 0 Å². The number of hydrogen-bond acceptors (Lipinski definition) is 5. The first-order valence-corrected chi connectivity index (χ1v) is 9.18. The van der Waals surface area contributed by atoms with E-state index in [1.54, 1.807) is 0 Å². The lowest BCUT2D eigenvalue weighted by Crippen LogP contribution is -2.08. The summed E-state index contributed by atoms with van der Waals surface area (Å²) >= 11 is 0. The summed E-state index contributed by atoms with van der Waals surface area (Å²) in [6.45, 7) is 0. The van der Waals surface area contributed by atoms with Crippen molar-refractivity contribution < 1.29 is 0 Å². The van der Waals surface area contributed by atoms with Gasteiger partial charge in [-0.1, -0.05) is 30.3 Å². The number of pyridine rings is 2. The van der Waals surface area contributed by atoms with Crippen LogP contribution in [0.2, 0.25) is 0 Å². The van der Waals surface area contributed by atoms with Crippen molar-refractivity contribution in [3.8, 4) is 11.3 Å². The summed E-state index contributed by atoms with van der Waals surface area (Å²) in [7, 11) is 4.04. The van der Waals surface area contributed by atoms with E-state index in [1.807, 2.05) is 56.6 Å². The first-order chi connectivity index (χ1) is 13.5. The van der Waals surface area contributed by atoms with E-state index in [0.717, 1.165) is 44.8 Å². The topological polar surface area (TPSA) is 81.1 Å². The highest BCUT2D eigenvalue weighted by Gasteiger charge is 2.09. The molecule has 0 amide bonds. The van der Waals surface area contributed by atoms with Crippen molar-refractivity contribution in [2.24, 2.45) is 0 Å². The SMILES string of the molecule is CN(C)c1ccc(-c2cc3nc(Cc4ccccc4N)ccc3c(N)n2)cc1. The summed E-state index contributed by atoms with van der Waals surface area (Å²) in [4.78, 5) is 11.5. The highest BCUT2D eigenvalue weighted by atomic mass is 15.1. The average molecular weight is 369 g/mol. The smallest absolute Gasteiger partial charge is 0.133 e. The van der Waals surface area contributed by atoms with Gasteiger partial charge in [0.05, 0.1) is 11.2 Å². The molecule has 2 aromatic heterocycles. The van der Waals surface area contributed by atoms with Crippen molar-refractivity contribution in [3.63, 3.8) is 0 Å². The largest absolute Gasteiger partial charge is 0.398 e. The molecule has 4 aromatic rings. The van der Waals surface area contributed by atoms with Crippen LogP contribution in [0.1, 0.15) is 11.3 Å². The maximum atomic E-state index is 6.22. The second-order valence-electron chi connectivity index (χ2n) is 7.08. The zero-order chi connectivity index (χ0) is 19.7. The van der Waals surface area contributed by atoms with Gasteiger partial charge in [-0.3, -0.25) is 4.98 Å². The molecule has 0 aliphatic rings. The van der Waals surface area contributed by atoms with Gasteiger partial charge in [-0.05, 0) is 42.0 Å². The quantitative estimate of drug-likeness (QED) is 0.529. The van der Waals surface area contributed by atoms with Crippen LogP contribution < -0.4 is 16.4 Å². The minimum absolute atomic E-state index is 0.488. The number of aromatic nitrogens is 2. The van der Waals surface area contributed by atoms with Crippen molar-refractivity contribution >= 4 is 28.1 Å². The monoisotopic (exact) mass is 369 g/mol. The number of nitrogens with zero attached hydrogens (tertiary/aromatic N) is 3. The number of nitrogen functional groups attached to an aromatic ring is 2. The molecule has 0 saturated heterocycles. The summed E-state index contributed by atoms with van der Waals surface area (Å²) in [6.07, 6.45) is 0.678. The van der Waals surface area contributed by atoms with Crippen LogP contribution in [0.5, 0.6) is 0 Å². The van der Waals surface area contributed by atoms with Gasteiger partial charge in [0.2, 0.25) is 0 Å². The van der Waals surface area contributed by atoms with Crippen molar-refractivity contribution in [2.45, 2.75) is 6.42 Å². The van der Waals surface area contributed by atoms with Crippen LogP contribution in [0.15, 0.2) is 66.7 Å². The number of anilines is 3. The Morgan fingerprint density at radius 2 is 1.61 bits per heavy atom. The lowest BCUT2D eigenvalue weighted by Gasteiger charge is -2.13. The second-order valence-corrected chi connectivity index (χ2v) is 7.08. The summed E-state index contributed by atoms with van der Waals surface area (Å²) < 4.78 is 0. The maximum absolute atomic E-state index is 6.22. The Kier molecular flexibility index (Phi) is 4.57. The first-order valence-electron chi connectivity index (χ1n) is 9.18. The van der Waals surface area contributed by atoms with Gasteiger partial charge in [-0.2, -0.15) is 0 Å². The molecule has 0 unspecified atom stereocenters. The summed E-state index contributed by atoms with van der Waals surface area (Å²) in [5, 5.41) is 0.860. The van der Waals surface area contributed by atoms with Crippen LogP contribution in [0.4, 0.5) is 17.2 Å². The van der Waals surface area contributed by atoms with E-state index in [1.165, 1.54) is 0 Å². The van der Waals surface area contributed by atoms with Crippen LogP contribution in [-0.4, -0.2) is 24.1 Å². The van der Waals surface area contributed by atoms with Crippen LogP contribution in [0, 0.1) is 0 Å². The molecule has 0 spiro atoms.